The molecule has 0 heteroatoms. The molecule has 0 amide bonds. The van der Waals surface area contributed by atoms with E-state index in [1.807, 2.05) is 0 Å². The molecular formula is C63H42. The lowest BCUT2D eigenvalue weighted by Gasteiger charge is -2.18. The quantitative estimate of drug-likeness (QED) is 0.157. The van der Waals surface area contributed by atoms with E-state index in [1.165, 1.54) is 117 Å². The van der Waals surface area contributed by atoms with Gasteiger partial charge in [-0.05, 0) is 123 Å². The predicted molar refractivity (Wildman–Crippen MR) is 261 cm³/mol. The van der Waals surface area contributed by atoms with Crippen molar-refractivity contribution < 1.29 is 0 Å². The molecule has 0 aromatic heterocycles. The molecule has 0 unspecified atom stereocenters. The van der Waals surface area contributed by atoms with E-state index in [0.29, 0.717) is 0 Å². The summed E-state index contributed by atoms with van der Waals surface area (Å²) in [5.74, 6) is 0.671. The SMILES string of the molecule is c1ccc2c(c1)-c1ccccc1C2c1ccc(-c2ccc(-c3ccc(C4c5ccccc5-c5ccccc54)cc3)c(-c3ccc(C4c5ccccc5-c5ccccc54)cc3)c2)cc1. The van der Waals surface area contributed by atoms with E-state index in [-0.39, 0.29) is 17.8 Å². The molecule has 0 spiro atoms. The summed E-state index contributed by atoms with van der Waals surface area (Å²) in [6.45, 7) is 0. The van der Waals surface area contributed by atoms with E-state index in [9.17, 15) is 0 Å². The van der Waals surface area contributed by atoms with Crippen LogP contribution >= 0.6 is 0 Å². The first-order valence-electron chi connectivity index (χ1n) is 22.3. The van der Waals surface area contributed by atoms with Crippen LogP contribution in [0.15, 0.2) is 237 Å². The zero-order valence-corrected chi connectivity index (χ0v) is 34.7. The molecule has 294 valence electrons. The van der Waals surface area contributed by atoms with Crippen molar-refractivity contribution in [3.05, 3.63) is 287 Å². The highest BCUT2D eigenvalue weighted by Crippen LogP contribution is 2.51. The van der Waals surface area contributed by atoms with Crippen molar-refractivity contribution in [2.45, 2.75) is 17.8 Å². The van der Waals surface area contributed by atoms with Gasteiger partial charge in [-0.3, -0.25) is 0 Å². The van der Waals surface area contributed by atoms with Crippen molar-refractivity contribution in [2.24, 2.45) is 0 Å². The lowest BCUT2D eigenvalue weighted by atomic mass is 9.85. The Kier molecular flexibility index (Phi) is 8.21. The zero-order valence-electron chi connectivity index (χ0n) is 34.7. The van der Waals surface area contributed by atoms with Crippen molar-refractivity contribution in [3.8, 4) is 66.8 Å². The minimum atomic E-state index is 0.216. The molecule has 63 heavy (non-hydrogen) atoms. The summed E-state index contributed by atoms with van der Waals surface area (Å²) in [5.41, 5.74) is 27.7. The van der Waals surface area contributed by atoms with Crippen LogP contribution in [0.2, 0.25) is 0 Å². The molecular weight excluding hydrogens is 757 g/mol. The number of rotatable bonds is 6. The topological polar surface area (TPSA) is 0 Å². The fourth-order valence-corrected chi connectivity index (χ4v) is 11.3. The van der Waals surface area contributed by atoms with E-state index < -0.39 is 0 Å². The van der Waals surface area contributed by atoms with Gasteiger partial charge in [0.15, 0.2) is 0 Å². The standard InChI is InChI=1S/C63H42/c1-7-19-54-48(13-1)49-14-2-8-20-55(49)61(54)43-31-25-40(26-32-43)46-37-38-47(41-27-33-44(34-28-41)62-56-21-9-3-15-50(56)51-16-4-10-22-57(51)62)60(39-46)42-29-35-45(36-30-42)63-58-23-11-5-17-52(58)53-18-6-12-24-59(53)63/h1-39,61-63H. The maximum Gasteiger partial charge on any atom is 0.0352 e. The maximum atomic E-state index is 2.41. The Morgan fingerprint density at radius 3 is 0.746 bits per heavy atom. The van der Waals surface area contributed by atoms with Crippen LogP contribution in [0.25, 0.3) is 66.8 Å². The molecule has 10 aromatic carbocycles. The number of benzene rings is 10. The third-order valence-electron chi connectivity index (χ3n) is 14.2. The lowest BCUT2D eigenvalue weighted by molar-refractivity contribution is 1.01. The first-order valence-corrected chi connectivity index (χ1v) is 22.3. The van der Waals surface area contributed by atoms with Gasteiger partial charge in [0.05, 0.1) is 0 Å². The van der Waals surface area contributed by atoms with Gasteiger partial charge in [0.25, 0.3) is 0 Å². The molecule has 10 aromatic rings. The van der Waals surface area contributed by atoms with Crippen molar-refractivity contribution in [2.75, 3.05) is 0 Å². The molecule has 0 nitrogen and oxygen atoms in total. The Hall–Kier alpha value is -7.80. The van der Waals surface area contributed by atoms with Crippen LogP contribution in [0.3, 0.4) is 0 Å². The number of hydrogen-bond donors (Lipinski definition) is 0. The van der Waals surface area contributed by atoms with Gasteiger partial charge in [-0.1, -0.05) is 231 Å². The Labute approximate surface area is 369 Å². The van der Waals surface area contributed by atoms with Crippen LogP contribution in [0.4, 0.5) is 0 Å². The molecule has 13 rings (SSSR count). The van der Waals surface area contributed by atoms with Crippen LogP contribution in [0.5, 0.6) is 0 Å². The van der Waals surface area contributed by atoms with Crippen LogP contribution in [0.1, 0.15) is 67.8 Å². The molecule has 3 aliphatic carbocycles. The first kappa shape index (κ1) is 35.9. The summed E-state index contributed by atoms with van der Waals surface area (Å²) in [7, 11) is 0. The zero-order chi connectivity index (χ0) is 41.4. The summed E-state index contributed by atoms with van der Waals surface area (Å²) in [4.78, 5) is 0. The third-order valence-corrected chi connectivity index (χ3v) is 14.2. The van der Waals surface area contributed by atoms with Gasteiger partial charge < -0.3 is 0 Å². The smallest absolute Gasteiger partial charge is 0.0352 e. The molecule has 0 radical (unpaired) electrons. The Morgan fingerprint density at radius 2 is 0.429 bits per heavy atom. The normalized spacial score (nSPS) is 13.5. The molecule has 0 atom stereocenters. The minimum absolute atomic E-state index is 0.216. The van der Waals surface area contributed by atoms with Crippen molar-refractivity contribution in [3.63, 3.8) is 0 Å². The second kappa shape index (κ2) is 14.4. The van der Waals surface area contributed by atoms with Crippen molar-refractivity contribution in [1.82, 2.24) is 0 Å². The van der Waals surface area contributed by atoms with Gasteiger partial charge in [-0.2, -0.15) is 0 Å². The van der Waals surface area contributed by atoms with Crippen molar-refractivity contribution >= 4 is 0 Å². The van der Waals surface area contributed by atoms with E-state index in [0.717, 1.165) is 0 Å². The largest absolute Gasteiger partial charge is 0.0619 e. The third kappa shape index (κ3) is 5.68. The number of hydrogen-bond acceptors (Lipinski definition) is 0. The van der Waals surface area contributed by atoms with Gasteiger partial charge in [0.2, 0.25) is 0 Å². The van der Waals surface area contributed by atoms with E-state index in [2.05, 4.69) is 237 Å². The van der Waals surface area contributed by atoms with Crippen LogP contribution in [0, 0.1) is 0 Å². The average molecular weight is 799 g/mol. The fraction of sp³-hybridized carbons (Fsp3) is 0.0476. The molecule has 3 aliphatic rings. The highest BCUT2D eigenvalue weighted by molar-refractivity contribution is 5.89. The Morgan fingerprint density at radius 1 is 0.175 bits per heavy atom. The summed E-state index contributed by atoms with van der Waals surface area (Å²) >= 11 is 0. The van der Waals surface area contributed by atoms with Gasteiger partial charge in [0.1, 0.15) is 0 Å². The van der Waals surface area contributed by atoms with E-state index >= 15 is 0 Å². The monoisotopic (exact) mass is 798 g/mol. The summed E-state index contributed by atoms with van der Waals surface area (Å²) < 4.78 is 0. The molecule has 0 N–H and O–H groups in total. The first-order chi connectivity index (χ1) is 31.3. The van der Waals surface area contributed by atoms with Crippen molar-refractivity contribution in [1.29, 1.82) is 0 Å². The van der Waals surface area contributed by atoms with E-state index in [4.69, 9.17) is 0 Å². The molecule has 0 fully saturated rings. The second-order valence-corrected chi connectivity index (χ2v) is 17.4. The lowest BCUT2D eigenvalue weighted by Crippen LogP contribution is -2.00. The molecule has 0 aliphatic heterocycles. The predicted octanol–water partition coefficient (Wildman–Crippen LogP) is 16.2. The molecule has 0 bridgehead atoms. The van der Waals surface area contributed by atoms with Gasteiger partial charge in [0, 0.05) is 17.8 Å². The average Bonchev–Trinajstić information content (AvgIpc) is 4.00. The van der Waals surface area contributed by atoms with Crippen LogP contribution in [-0.4, -0.2) is 0 Å². The summed E-state index contributed by atoms with van der Waals surface area (Å²) in [6, 6.07) is 88.6. The van der Waals surface area contributed by atoms with Crippen LogP contribution < -0.4 is 0 Å². The molecule has 0 heterocycles. The van der Waals surface area contributed by atoms with Gasteiger partial charge in [-0.25, -0.2) is 0 Å². The van der Waals surface area contributed by atoms with Gasteiger partial charge >= 0.3 is 0 Å². The minimum Gasteiger partial charge on any atom is -0.0619 e. The van der Waals surface area contributed by atoms with E-state index in [1.54, 1.807) is 0 Å². The van der Waals surface area contributed by atoms with Crippen LogP contribution in [-0.2, 0) is 0 Å². The number of fused-ring (bicyclic) bond motifs is 9. The Bertz CT molecular complexity index is 3250. The second-order valence-electron chi connectivity index (χ2n) is 17.4. The molecule has 0 saturated heterocycles. The fourth-order valence-electron chi connectivity index (χ4n) is 11.3. The van der Waals surface area contributed by atoms with Gasteiger partial charge in [-0.15, -0.1) is 0 Å². The Balaban J connectivity index is 0.895. The maximum absolute atomic E-state index is 2.41. The summed E-state index contributed by atoms with van der Waals surface area (Å²) in [6.07, 6.45) is 0. The highest BCUT2D eigenvalue weighted by atomic mass is 14.3. The molecule has 0 saturated carbocycles. The highest BCUT2D eigenvalue weighted by Gasteiger charge is 2.32. The summed E-state index contributed by atoms with van der Waals surface area (Å²) in [5, 5.41) is 0.